The lowest BCUT2D eigenvalue weighted by atomic mass is 10.1. The van der Waals surface area contributed by atoms with Gasteiger partial charge < -0.3 is 15.2 Å². The maximum Gasteiger partial charge on any atom is 0.251 e. The quantitative estimate of drug-likeness (QED) is 0.905. The van der Waals surface area contributed by atoms with Gasteiger partial charge in [-0.2, -0.15) is 0 Å². The Kier molecular flexibility index (Phi) is 3.77. The van der Waals surface area contributed by atoms with Crippen LogP contribution in [0.4, 0.5) is 0 Å². The lowest BCUT2D eigenvalue weighted by molar-refractivity contribution is 0.0954. The molecular formula is C17H17NO3. The molecule has 4 heteroatoms. The number of nitrogens with one attached hydrogen (secondary N) is 1. The van der Waals surface area contributed by atoms with Crippen molar-refractivity contribution in [2.24, 2.45) is 0 Å². The van der Waals surface area contributed by atoms with Crippen LogP contribution in [0.5, 0.6) is 11.5 Å². The van der Waals surface area contributed by atoms with Crippen LogP contribution in [0.15, 0.2) is 42.5 Å². The average Bonchev–Trinajstić information content (AvgIpc) is 2.96. The van der Waals surface area contributed by atoms with Crippen molar-refractivity contribution in [2.75, 3.05) is 13.2 Å². The van der Waals surface area contributed by atoms with Crippen LogP contribution in [-0.4, -0.2) is 24.2 Å². The predicted molar refractivity (Wildman–Crippen MR) is 79.8 cm³/mol. The second-order valence-corrected chi connectivity index (χ2v) is 5.09. The van der Waals surface area contributed by atoms with Gasteiger partial charge in [0, 0.05) is 18.5 Å². The highest BCUT2D eigenvalue weighted by molar-refractivity contribution is 5.94. The Hall–Kier alpha value is -2.49. The Morgan fingerprint density at radius 2 is 2.00 bits per heavy atom. The minimum atomic E-state index is -0.0662. The second-order valence-electron chi connectivity index (χ2n) is 5.09. The topological polar surface area (TPSA) is 58.6 Å². The van der Waals surface area contributed by atoms with Gasteiger partial charge in [0.2, 0.25) is 0 Å². The number of hydrogen-bond donors (Lipinski definition) is 2. The third-order valence-corrected chi connectivity index (χ3v) is 3.59. The molecule has 1 heterocycles. The number of hydrogen-bond acceptors (Lipinski definition) is 3. The zero-order valence-electron chi connectivity index (χ0n) is 11.6. The van der Waals surface area contributed by atoms with Crippen molar-refractivity contribution in [1.82, 2.24) is 5.32 Å². The summed E-state index contributed by atoms with van der Waals surface area (Å²) in [6.45, 7) is 1.26. The first-order valence-electron chi connectivity index (χ1n) is 7.04. The van der Waals surface area contributed by atoms with E-state index in [9.17, 15) is 9.90 Å². The molecule has 0 aromatic heterocycles. The van der Waals surface area contributed by atoms with E-state index in [4.69, 9.17) is 4.74 Å². The standard InChI is InChI=1S/C17H17NO3/c19-15-4-1-12(2-5-15)7-9-18-17(20)14-3-6-16-13(11-14)8-10-21-16/h1-6,11,19H,7-10H2,(H,18,20). The van der Waals surface area contributed by atoms with E-state index in [0.717, 1.165) is 29.7 Å². The van der Waals surface area contributed by atoms with Gasteiger partial charge in [-0.05, 0) is 47.9 Å². The Morgan fingerprint density at radius 3 is 2.81 bits per heavy atom. The van der Waals surface area contributed by atoms with E-state index >= 15 is 0 Å². The molecule has 0 bridgehead atoms. The smallest absolute Gasteiger partial charge is 0.251 e. The highest BCUT2D eigenvalue weighted by Crippen LogP contribution is 2.25. The molecular weight excluding hydrogens is 266 g/mol. The fourth-order valence-electron chi connectivity index (χ4n) is 2.41. The number of carbonyl (C=O) groups is 1. The molecule has 0 radical (unpaired) electrons. The predicted octanol–water partition coefficient (Wildman–Crippen LogP) is 2.30. The number of phenols is 1. The minimum Gasteiger partial charge on any atom is -0.508 e. The molecule has 0 fully saturated rings. The van der Waals surface area contributed by atoms with Crippen molar-refractivity contribution in [2.45, 2.75) is 12.8 Å². The van der Waals surface area contributed by atoms with Crippen molar-refractivity contribution < 1.29 is 14.6 Å². The first kappa shape index (κ1) is 13.5. The van der Waals surface area contributed by atoms with Crippen LogP contribution in [0.2, 0.25) is 0 Å². The van der Waals surface area contributed by atoms with Crippen molar-refractivity contribution >= 4 is 5.91 Å². The summed E-state index contributed by atoms with van der Waals surface area (Å²) in [4.78, 5) is 12.1. The largest absolute Gasteiger partial charge is 0.508 e. The second kappa shape index (κ2) is 5.87. The third-order valence-electron chi connectivity index (χ3n) is 3.59. The van der Waals surface area contributed by atoms with Gasteiger partial charge in [0.25, 0.3) is 5.91 Å². The summed E-state index contributed by atoms with van der Waals surface area (Å²) in [5, 5.41) is 12.1. The van der Waals surface area contributed by atoms with Gasteiger partial charge in [0.15, 0.2) is 0 Å². The normalized spacial score (nSPS) is 12.6. The van der Waals surface area contributed by atoms with E-state index in [0.29, 0.717) is 18.7 Å². The SMILES string of the molecule is O=C(NCCc1ccc(O)cc1)c1ccc2c(c1)CCO2. The first-order valence-corrected chi connectivity index (χ1v) is 7.04. The molecule has 1 amide bonds. The molecule has 0 saturated heterocycles. The van der Waals surface area contributed by atoms with E-state index < -0.39 is 0 Å². The van der Waals surface area contributed by atoms with Crippen LogP contribution >= 0.6 is 0 Å². The van der Waals surface area contributed by atoms with Crippen LogP contribution in [0, 0.1) is 0 Å². The molecule has 2 aromatic rings. The number of fused-ring (bicyclic) bond motifs is 1. The van der Waals surface area contributed by atoms with Gasteiger partial charge in [-0.15, -0.1) is 0 Å². The number of ether oxygens (including phenoxy) is 1. The van der Waals surface area contributed by atoms with Crippen molar-refractivity contribution in [1.29, 1.82) is 0 Å². The highest BCUT2D eigenvalue weighted by atomic mass is 16.5. The zero-order valence-corrected chi connectivity index (χ0v) is 11.6. The molecule has 3 rings (SSSR count). The Labute approximate surface area is 123 Å². The number of benzene rings is 2. The summed E-state index contributed by atoms with van der Waals surface area (Å²) < 4.78 is 5.43. The summed E-state index contributed by atoms with van der Waals surface area (Å²) in [6, 6.07) is 12.6. The van der Waals surface area contributed by atoms with Gasteiger partial charge in [-0.1, -0.05) is 12.1 Å². The third kappa shape index (κ3) is 3.16. The zero-order chi connectivity index (χ0) is 14.7. The van der Waals surface area contributed by atoms with Crippen LogP contribution < -0.4 is 10.1 Å². The molecule has 21 heavy (non-hydrogen) atoms. The monoisotopic (exact) mass is 283 g/mol. The average molecular weight is 283 g/mol. The number of carbonyl (C=O) groups excluding carboxylic acids is 1. The van der Waals surface area contributed by atoms with Gasteiger partial charge in [-0.3, -0.25) is 4.79 Å². The maximum absolute atomic E-state index is 12.1. The minimum absolute atomic E-state index is 0.0662. The highest BCUT2D eigenvalue weighted by Gasteiger charge is 2.14. The van der Waals surface area contributed by atoms with Crippen molar-refractivity contribution in [3.05, 3.63) is 59.2 Å². The Balaban J connectivity index is 1.55. The lowest BCUT2D eigenvalue weighted by Crippen LogP contribution is -2.25. The van der Waals surface area contributed by atoms with Crippen LogP contribution in [0.25, 0.3) is 0 Å². The van der Waals surface area contributed by atoms with E-state index in [-0.39, 0.29) is 11.7 Å². The molecule has 1 aliphatic heterocycles. The summed E-state index contributed by atoms with van der Waals surface area (Å²) in [5.74, 6) is 1.07. The van der Waals surface area contributed by atoms with Crippen LogP contribution in [-0.2, 0) is 12.8 Å². The van der Waals surface area contributed by atoms with Gasteiger partial charge in [0.05, 0.1) is 6.61 Å². The summed E-state index contributed by atoms with van der Waals surface area (Å²) in [6.07, 6.45) is 1.60. The van der Waals surface area contributed by atoms with Crippen LogP contribution in [0.1, 0.15) is 21.5 Å². The van der Waals surface area contributed by atoms with E-state index in [2.05, 4.69) is 5.32 Å². The summed E-state index contributed by atoms with van der Waals surface area (Å²) >= 11 is 0. The van der Waals surface area contributed by atoms with Gasteiger partial charge in [-0.25, -0.2) is 0 Å². The van der Waals surface area contributed by atoms with Gasteiger partial charge in [0.1, 0.15) is 11.5 Å². The van der Waals surface area contributed by atoms with E-state index in [1.807, 2.05) is 24.3 Å². The number of aromatic hydroxyl groups is 1. The van der Waals surface area contributed by atoms with Crippen molar-refractivity contribution in [3.8, 4) is 11.5 Å². The van der Waals surface area contributed by atoms with Crippen LogP contribution in [0.3, 0.4) is 0 Å². The van der Waals surface area contributed by atoms with Gasteiger partial charge >= 0.3 is 0 Å². The molecule has 2 aromatic carbocycles. The van der Waals surface area contributed by atoms with Crippen molar-refractivity contribution in [3.63, 3.8) is 0 Å². The first-order chi connectivity index (χ1) is 10.2. The number of rotatable bonds is 4. The molecule has 108 valence electrons. The fourth-order valence-corrected chi connectivity index (χ4v) is 2.41. The van der Waals surface area contributed by atoms with E-state index in [1.165, 1.54) is 0 Å². The lowest BCUT2D eigenvalue weighted by Gasteiger charge is -2.07. The molecule has 0 unspecified atom stereocenters. The number of amides is 1. The summed E-state index contributed by atoms with van der Waals surface area (Å²) in [7, 11) is 0. The fraction of sp³-hybridized carbons (Fsp3) is 0.235. The van der Waals surface area contributed by atoms with E-state index in [1.54, 1.807) is 18.2 Å². The molecule has 0 aliphatic carbocycles. The molecule has 4 nitrogen and oxygen atoms in total. The number of phenolic OH excluding ortho intramolecular Hbond substituents is 1. The Morgan fingerprint density at radius 1 is 1.19 bits per heavy atom. The molecule has 1 aliphatic rings. The summed E-state index contributed by atoms with van der Waals surface area (Å²) in [5.41, 5.74) is 2.85. The molecule has 0 atom stereocenters. The molecule has 2 N–H and O–H groups in total. The molecule has 0 spiro atoms. The molecule has 0 saturated carbocycles. The maximum atomic E-state index is 12.1. The Bertz CT molecular complexity index is 650.